The number of halogens is 1. The number of piperidine rings is 1. The largest absolute Gasteiger partial charge is 0.371 e. The highest BCUT2D eigenvalue weighted by Gasteiger charge is 2.31. The molecule has 0 bridgehead atoms. The third kappa shape index (κ3) is 3.88. The van der Waals surface area contributed by atoms with Crippen LogP contribution in [-0.2, 0) is 11.3 Å². The molecule has 5 heterocycles. The molecule has 4 aromatic rings. The molecule has 0 unspecified atom stereocenters. The highest BCUT2D eigenvalue weighted by Crippen LogP contribution is 2.30. The number of likely N-dealkylation sites (tertiary alicyclic amines) is 1. The molecule has 0 aliphatic carbocycles. The first-order valence-corrected chi connectivity index (χ1v) is 11.4. The summed E-state index contributed by atoms with van der Waals surface area (Å²) in [6, 6.07) is 5.28. The predicted molar refractivity (Wildman–Crippen MR) is 126 cm³/mol. The van der Waals surface area contributed by atoms with Crippen LogP contribution in [0.25, 0.3) is 27.9 Å². The van der Waals surface area contributed by atoms with E-state index in [0.717, 1.165) is 40.9 Å². The van der Waals surface area contributed by atoms with Crippen molar-refractivity contribution in [3.63, 3.8) is 0 Å². The lowest BCUT2D eigenvalue weighted by atomic mass is 10.0. The van der Waals surface area contributed by atoms with E-state index in [2.05, 4.69) is 38.0 Å². The summed E-state index contributed by atoms with van der Waals surface area (Å²) < 4.78 is 18.2. The molecule has 0 radical (unpaired) electrons. The minimum absolute atomic E-state index is 0.0689. The molecular formula is C22H27FN10O. The second-order valence-corrected chi connectivity index (χ2v) is 8.43. The lowest BCUT2D eigenvalue weighted by molar-refractivity contribution is -0.131. The smallest absolute Gasteiger partial charge is 0.243 e. The number of aryl methyl sites for hydroxylation is 1. The van der Waals surface area contributed by atoms with Crippen molar-refractivity contribution in [1.29, 1.82) is 0 Å². The summed E-state index contributed by atoms with van der Waals surface area (Å²) in [5.74, 6) is 0.796. The van der Waals surface area contributed by atoms with E-state index in [9.17, 15) is 9.18 Å². The van der Waals surface area contributed by atoms with Gasteiger partial charge in [0.1, 0.15) is 17.2 Å². The van der Waals surface area contributed by atoms with E-state index >= 15 is 0 Å². The number of hydrogen-bond acceptors (Lipinski definition) is 8. The maximum atomic E-state index is 14.7. The van der Waals surface area contributed by atoms with Gasteiger partial charge in [-0.2, -0.15) is 4.98 Å². The minimum Gasteiger partial charge on any atom is -0.371 e. The first-order valence-electron chi connectivity index (χ1n) is 11.4. The average Bonchev–Trinajstić information content (AvgIpc) is 3.44. The summed E-state index contributed by atoms with van der Waals surface area (Å²) in [5, 5.41) is 19.2. The molecule has 2 N–H and O–H groups in total. The summed E-state index contributed by atoms with van der Waals surface area (Å²) in [6.07, 6.45) is 2.04. The van der Waals surface area contributed by atoms with Gasteiger partial charge in [0.25, 0.3) is 0 Å². The van der Waals surface area contributed by atoms with Gasteiger partial charge in [0, 0.05) is 38.8 Å². The van der Waals surface area contributed by atoms with E-state index in [1.165, 1.54) is 11.8 Å². The second-order valence-electron chi connectivity index (χ2n) is 8.43. The van der Waals surface area contributed by atoms with E-state index in [-0.39, 0.29) is 12.5 Å². The summed E-state index contributed by atoms with van der Waals surface area (Å²) in [5.41, 5.74) is 3.86. The second kappa shape index (κ2) is 8.84. The normalized spacial score (nSPS) is 18.5. The SMILES string of the molecule is CCCn1nnc2ccc(-c3ccn4nc(N[C@H]5CCN(C(C)=O)C[C@H]5F)nc(NC)c34)nc21. The molecule has 2 atom stereocenters. The Labute approximate surface area is 195 Å². The third-order valence-electron chi connectivity index (χ3n) is 6.12. The molecule has 12 heteroatoms. The number of fused-ring (bicyclic) bond motifs is 2. The summed E-state index contributed by atoms with van der Waals surface area (Å²) in [7, 11) is 1.78. The van der Waals surface area contributed by atoms with Gasteiger partial charge in [-0.05, 0) is 31.0 Å². The number of anilines is 2. The van der Waals surface area contributed by atoms with Crippen LogP contribution in [0.2, 0.25) is 0 Å². The summed E-state index contributed by atoms with van der Waals surface area (Å²) >= 11 is 0. The molecular weight excluding hydrogens is 439 g/mol. The fourth-order valence-electron chi connectivity index (χ4n) is 4.35. The number of rotatable bonds is 6. The first kappa shape index (κ1) is 22.0. The van der Waals surface area contributed by atoms with Crippen LogP contribution < -0.4 is 10.6 Å². The molecule has 1 aliphatic heterocycles. The monoisotopic (exact) mass is 466 g/mol. The number of amides is 1. The van der Waals surface area contributed by atoms with Gasteiger partial charge in [-0.25, -0.2) is 18.6 Å². The molecule has 178 valence electrons. The molecule has 1 aliphatic rings. The van der Waals surface area contributed by atoms with Gasteiger partial charge in [0.05, 0.1) is 18.3 Å². The van der Waals surface area contributed by atoms with Gasteiger partial charge in [-0.15, -0.1) is 10.2 Å². The molecule has 4 aromatic heterocycles. The van der Waals surface area contributed by atoms with Crippen LogP contribution in [0.4, 0.5) is 16.2 Å². The van der Waals surface area contributed by atoms with Crippen LogP contribution in [-0.4, -0.2) is 77.7 Å². The average molecular weight is 467 g/mol. The number of hydrogen-bond donors (Lipinski definition) is 2. The van der Waals surface area contributed by atoms with Crippen LogP contribution in [0.15, 0.2) is 24.4 Å². The van der Waals surface area contributed by atoms with Crippen LogP contribution >= 0.6 is 0 Å². The van der Waals surface area contributed by atoms with Crippen molar-refractivity contribution in [3.05, 3.63) is 24.4 Å². The number of alkyl halides is 1. The van der Waals surface area contributed by atoms with Crippen LogP contribution in [0.5, 0.6) is 0 Å². The Morgan fingerprint density at radius 1 is 1.26 bits per heavy atom. The van der Waals surface area contributed by atoms with Crippen molar-refractivity contribution in [3.8, 4) is 11.3 Å². The molecule has 1 amide bonds. The van der Waals surface area contributed by atoms with Gasteiger partial charge in [0.2, 0.25) is 11.9 Å². The number of nitrogens with one attached hydrogen (secondary N) is 2. The van der Waals surface area contributed by atoms with E-state index in [1.807, 2.05) is 24.4 Å². The molecule has 0 saturated carbocycles. The van der Waals surface area contributed by atoms with Crippen LogP contribution in [0, 0.1) is 0 Å². The number of pyridine rings is 1. The van der Waals surface area contributed by atoms with Crippen molar-refractivity contribution in [2.24, 2.45) is 0 Å². The number of nitrogens with zero attached hydrogens (tertiary/aromatic N) is 8. The third-order valence-corrected chi connectivity index (χ3v) is 6.12. The van der Waals surface area contributed by atoms with Crippen LogP contribution in [0.3, 0.4) is 0 Å². The van der Waals surface area contributed by atoms with Gasteiger partial charge >= 0.3 is 0 Å². The van der Waals surface area contributed by atoms with Gasteiger partial charge in [0.15, 0.2) is 11.5 Å². The molecule has 1 saturated heterocycles. The Bertz CT molecular complexity index is 1350. The number of aromatic nitrogens is 7. The van der Waals surface area contributed by atoms with Crippen molar-refractivity contribution in [2.45, 2.75) is 45.4 Å². The Balaban J connectivity index is 1.47. The molecule has 1 fully saturated rings. The maximum Gasteiger partial charge on any atom is 0.243 e. The van der Waals surface area contributed by atoms with Crippen molar-refractivity contribution in [2.75, 3.05) is 30.8 Å². The maximum absolute atomic E-state index is 14.7. The molecule has 11 nitrogen and oxygen atoms in total. The van der Waals surface area contributed by atoms with Crippen molar-refractivity contribution < 1.29 is 9.18 Å². The van der Waals surface area contributed by atoms with Gasteiger partial charge in [-0.1, -0.05) is 12.1 Å². The lowest BCUT2D eigenvalue weighted by Crippen LogP contribution is -2.49. The Kier molecular flexibility index (Phi) is 5.72. The zero-order chi connectivity index (χ0) is 23.8. The minimum atomic E-state index is -1.20. The Morgan fingerprint density at radius 3 is 2.85 bits per heavy atom. The highest BCUT2D eigenvalue weighted by atomic mass is 19.1. The van der Waals surface area contributed by atoms with Gasteiger partial charge < -0.3 is 15.5 Å². The molecule has 5 rings (SSSR count). The highest BCUT2D eigenvalue weighted by molar-refractivity contribution is 5.89. The standard InChI is InChI=1S/C22H27FN10O/c1-4-9-33-21-18(28-30-33)6-5-16(25-21)14-7-11-32-19(14)20(24-3)27-22(29-32)26-17-8-10-31(13(2)34)12-15(17)23/h5-7,11,15,17H,4,8-10,12H2,1-3H3,(H2,24,26,27,29)/t15-,17+/m1/s1. The van der Waals surface area contributed by atoms with Crippen LogP contribution in [0.1, 0.15) is 26.7 Å². The molecule has 0 aromatic carbocycles. The van der Waals surface area contributed by atoms with E-state index in [1.54, 1.807) is 16.2 Å². The van der Waals surface area contributed by atoms with Gasteiger partial charge in [-0.3, -0.25) is 4.79 Å². The quantitative estimate of drug-likeness (QED) is 0.445. The number of carbonyl (C=O) groups is 1. The topological polar surface area (TPSA) is 118 Å². The van der Waals surface area contributed by atoms with E-state index < -0.39 is 12.2 Å². The predicted octanol–water partition coefficient (Wildman–Crippen LogP) is 2.36. The summed E-state index contributed by atoms with van der Waals surface area (Å²) in [6.45, 7) is 4.85. The first-order chi connectivity index (χ1) is 16.5. The fourth-order valence-corrected chi connectivity index (χ4v) is 4.35. The molecule has 0 spiro atoms. The zero-order valence-corrected chi connectivity index (χ0v) is 19.4. The number of carbonyl (C=O) groups excluding carboxylic acids is 1. The fraction of sp³-hybridized carbons (Fsp3) is 0.455. The van der Waals surface area contributed by atoms with Crippen molar-refractivity contribution in [1.82, 2.24) is 39.5 Å². The Hall–Kier alpha value is -3.83. The molecule has 34 heavy (non-hydrogen) atoms. The Morgan fingerprint density at radius 2 is 2.12 bits per heavy atom. The van der Waals surface area contributed by atoms with E-state index in [4.69, 9.17) is 4.98 Å². The van der Waals surface area contributed by atoms with E-state index in [0.29, 0.717) is 24.7 Å². The summed E-state index contributed by atoms with van der Waals surface area (Å²) in [4.78, 5) is 22.5. The van der Waals surface area contributed by atoms with Crippen molar-refractivity contribution >= 4 is 34.4 Å². The zero-order valence-electron chi connectivity index (χ0n) is 19.4. The lowest BCUT2D eigenvalue weighted by Gasteiger charge is -2.34.